The van der Waals surface area contributed by atoms with E-state index in [1.54, 1.807) is 23.5 Å². The fraction of sp³-hybridized carbons (Fsp3) is 0.900. The molecule has 1 rings (SSSR count). The normalized spacial score (nSPS) is 23.0. The molecule has 0 spiro atoms. The smallest absolute Gasteiger partial charge is 0.326 e. The Morgan fingerprint density at radius 3 is 2.63 bits per heavy atom. The summed E-state index contributed by atoms with van der Waals surface area (Å²) in [6, 6.07) is -1.07. The van der Waals surface area contributed by atoms with E-state index in [1.165, 1.54) is 0 Å². The number of carboxylic acids is 1. The Morgan fingerprint density at radius 2 is 2.10 bits per heavy atom. The number of thioether (sulfide) groups is 2. The molecule has 0 aliphatic carbocycles. The van der Waals surface area contributed by atoms with Crippen LogP contribution >= 0.6 is 36.2 Å². The zero-order chi connectivity index (χ0) is 22.9. The van der Waals surface area contributed by atoms with Gasteiger partial charge in [0.15, 0.2) is 0 Å². The first-order valence-corrected chi connectivity index (χ1v) is 13.6. The third kappa shape index (κ3) is 8.43. The molecule has 5 atom stereocenters. The Kier molecular flexibility index (Phi) is 12.5. The van der Waals surface area contributed by atoms with Crippen molar-refractivity contribution in [3.63, 3.8) is 0 Å². The maximum absolute atomic E-state index is 13.2. The molecule has 1 amide bonds. The molecule has 10 heteroatoms. The van der Waals surface area contributed by atoms with Gasteiger partial charge in [0.1, 0.15) is 12.1 Å². The van der Waals surface area contributed by atoms with Crippen LogP contribution in [0.15, 0.2) is 0 Å². The number of rotatable bonds is 14. The van der Waals surface area contributed by atoms with Crippen molar-refractivity contribution >= 4 is 48.0 Å². The van der Waals surface area contributed by atoms with E-state index in [-0.39, 0.29) is 28.8 Å². The average molecular weight is 481 g/mol. The number of nitrogens with two attached hydrogens (primary N) is 1. The van der Waals surface area contributed by atoms with Gasteiger partial charge in [-0.05, 0) is 38.2 Å². The second-order valence-corrected chi connectivity index (χ2v) is 11.5. The number of nitrogens with one attached hydrogen (secondary N) is 2. The second-order valence-electron chi connectivity index (χ2n) is 8.57. The van der Waals surface area contributed by atoms with E-state index in [1.807, 2.05) is 6.26 Å². The quantitative estimate of drug-likeness (QED) is 0.239. The number of aliphatic carboxylic acids is 1. The van der Waals surface area contributed by atoms with Gasteiger partial charge in [-0.25, -0.2) is 4.79 Å². The molecule has 1 heterocycles. The van der Waals surface area contributed by atoms with Gasteiger partial charge in [-0.3, -0.25) is 9.69 Å². The van der Waals surface area contributed by atoms with Crippen LogP contribution in [0.4, 0.5) is 0 Å². The lowest BCUT2D eigenvalue weighted by molar-refractivity contribution is -0.142. The summed E-state index contributed by atoms with van der Waals surface area (Å²) in [4.78, 5) is 27.0. The summed E-state index contributed by atoms with van der Waals surface area (Å²) < 4.78 is -0.297. The van der Waals surface area contributed by atoms with Crippen molar-refractivity contribution in [1.82, 2.24) is 15.5 Å². The largest absolute Gasteiger partial charge is 0.480 e. The minimum Gasteiger partial charge on any atom is -0.480 e. The van der Waals surface area contributed by atoms with Gasteiger partial charge in [0.25, 0.3) is 0 Å². The zero-order valence-corrected chi connectivity index (χ0v) is 21.4. The standard InChI is InChI=1S/C20H40N4O3S3/c1-6-13(2)16(22-9-14(21)11-28)10-24-12-30-20(3,4)17(24)18(25)23-15(19(26)27)7-8-29-5/h13-17,22,28H,6-12,21H2,1-5H3,(H,23,25)(H,26,27)/t13-,14+,15-,16+,17+/m0/s1. The molecular formula is C20H40N4O3S3. The fourth-order valence-corrected chi connectivity index (χ4v) is 5.34. The van der Waals surface area contributed by atoms with Crippen LogP contribution in [0.2, 0.25) is 0 Å². The van der Waals surface area contributed by atoms with Crippen molar-refractivity contribution in [2.24, 2.45) is 11.7 Å². The highest BCUT2D eigenvalue weighted by Crippen LogP contribution is 2.39. The number of carbonyl (C=O) groups excluding carboxylic acids is 1. The van der Waals surface area contributed by atoms with E-state index in [0.29, 0.717) is 36.9 Å². The predicted molar refractivity (Wildman–Crippen MR) is 133 cm³/mol. The maximum Gasteiger partial charge on any atom is 0.326 e. The summed E-state index contributed by atoms with van der Waals surface area (Å²) in [5.41, 5.74) is 6.03. The highest BCUT2D eigenvalue weighted by atomic mass is 32.2. The van der Waals surface area contributed by atoms with Crippen LogP contribution in [0, 0.1) is 5.92 Å². The number of thiol groups is 1. The number of carbonyl (C=O) groups is 2. The Morgan fingerprint density at radius 1 is 1.43 bits per heavy atom. The van der Waals surface area contributed by atoms with Crippen molar-refractivity contribution in [2.45, 2.75) is 69.5 Å². The van der Waals surface area contributed by atoms with Crippen LogP contribution in [-0.4, -0.2) is 87.5 Å². The van der Waals surface area contributed by atoms with Crippen LogP contribution in [0.3, 0.4) is 0 Å². The highest BCUT2D eigenvalue weighted by molar-refractivity contribution is 8.00. The SMILES string of the molecule is CC[C@H](C)[C@@H](CN1CSC(C)(C)[C@H]1C(=O)N[C@@H](CCSC)C(=O)O)NC[C@@H](N)CS. The van der Waals surface area contributed by atoms with E-state index in [0.717, 1.165) is 12.3 Å². The molecule has 0 unspecified atom stereocenters. The summed E-state index contributed by atoms with van der Waals surface area (Å²) in [6.45, 7) is 9.87. The molecule has 1 aliphatic heterocycles. The first-order valence-electron chi connectivity index (χ1n) is 10.6. The van der Waals surface area contributed by atoms with E-state index >= 15 is 0 Å². The van der Waals surface area contributed by atoms with Gasteiger partial charge >= 0.3 is 5.97 Å². The molecule has 1 saturated heterocycles. The monoisotopic (exact) mass is 480 g/mol. The summed E-state index contributed by atoms with van der Waals surface area (Å²) in [5, 5.41) is 15.9. The van der Waals surface area contributed by atoms with Crippen LogP contribution in [0.25, 0.3) is 0 Å². The van der Waals surface area contributed by atoms with E-state index < -0.39 is 12.0 Å². The third-order valence-electron chi connectivity index (χ3n) is 5.74. The molecule has 1 fully saturated rings. The molecule has 0 bridgehead atoms. The van der Waals surface area contributed by atoms with Crippen LogP contribution in [0.1, 0.15) is 40.5 Å². The molecule has 176 valence electrons. The lowest BCUT2D eigenvalue weighted by atomic mass is 9.95. The number of hydrogen-bond donors (Lipinski definition) is 5. The lowest BCUT2D eigenvalue weighted by Crippen LogP contribution is -2.58. The lowest BCUT2D eigenvalue weighted by Gasteiger charge is -2.35. The summed E-state index contributed by atoms with van der Waals surface area (Å²) >= 11 is 7.58. The molecule has 0 aromatic heterocycles. The predicted octanol–water partition coefficient (Wildman–Crippen LogP) is 1.72. The van der Waals surface area contributed by atoms with Crippen LogP contribution in [-0.2, 0) is 9.59 Å². The van der Waals surface area contributed by atoms with Gasteiger partial charge < -0.3 is 21.5 Å². The number of nitrogens with zero attached hydrogens (tertiary/aromatic N) is 1. The molecule has 0 saturated carbocycles. The van der Waals surface area contributed by atoms with Gasteiger partial charge in [-0.1, -0.05) is 20.3 Å². The van der Waals surface area contributed by atoms with Crippen molar-refractivity contribution in [2.75, 3.05) is 36.7 Å². The number of hydrogen-bond acceptors (Lipinski definition) is 8. The Hall–Kier alpha value is -0.130. The van der Waals surface area contributed by atoms with Gasteiger partial charge in [0.05, 0.1) is 0 Å². The maximum atomic E-state index is 13.2. The van der Waals surface area contributed by atoms with Crippen LogP contribution in [0.5, 0.6) is 0 Å². The summed E-state index contributed by atoms with van der Waals surface area (Å²) in [6.07, 6.45) is 3.37. The van der Waals surface area contributed by atoms with E-state index in [2.05, 4.69) is 55.9 Å². The number of carboxylic acid groups (broad SMARTS) is 1. The molecule has 0 radical (unpaired) electrons. The highest BCUT2D eigenvalue weighted by Gasteiger charge is 2.47. The van der Waals surface area contributed by atoms with Gasteiger partial charge in [-0.15, -0.1) is 11.8 Å². The molecule has 30 heavy (non-hydrogen) atoms. The first-order chi connectivity index (χ1) is 14.1. The molecule has 7 nitrogen and oxygen atoms in total. The molecular weight excluding hydrogens is 440 g/mol. The first kappa shape index (κ1) is 27.9. The Labute approximate surface area is 195 Å². The van der Waals surface area contributed by atoms with Crippen molar-refractivity contribution < 1.29 is 14.7 Å². The minimum atomic E-state index is -0.979. The molecule has 0 aromatic rings. The second kappa shape index (κ2) is 13.4. The molecule has 0 aromatic carbocycles. The fourth-order valence-electron chi connectivity index (χ4n) is 3.58. The van der Waals surface area contributed by atoms with Gasteiger partial charge in [0.2, 0.25) is 5.91 Å². The van der Waals surface area contributed by atoms with Crippen molar-refractivity contribution in [1.29, 1.82) is 0 Å². The molecule has 5 N–H and O–H groups in total. The Bertz CT molecular complexity index is 553. The summed E-state index contributed by atoms with van der Waals surface area (Å²) in [5.74, 6) is 1.28. The molecule has 1 aliphatic rings. The van der Waals surface area contributed by atoms with Crippen molar-refractivity contribution in [3.05, 3.63) is 0 Å². The number of amides is 1. The summed E-state index contributed by atoms with van der Waals surface area (Å²) in [7, 11) is 0. The third-order valence-corrected chi connectivity index (χ3v) is 8.28. The minimum absolute atomic E-state index is 0.0175. The van der Waals surface area contributed by atoms with Crippen LogP contribution < -0.4 is 16.4 Å². The van der Waals surface area contributed by atoms with Gasteiger partial charge in [-0.2, -0.15) is 24.4 Å². The van der Waals surface area contributed by atoms with E-state index in [9.17, 15) is 14.7 Å². The topological polar surface area (TPSA) is 108 Å². The zero-order valence-electron chi connectivity index (χ0n) is 18.9. The van der Waals surface area contributed by atoms with E-state index in [4.69, 9.17) is 5.73 Å². The average Bonchev–Trinajstić information content (AvgIpc) is 3.00. The Balaban J connectivity index is 2.92. The van der Waals surface area contributed by atoms with Gasteiger partial charge in [0, 0.05) is 41.5 Å². The van der Waals surface area contributed by atoms with Crippen molar-refractivity contribution in [3.8, 4) is 0 Å².